The lowest BCUT2D eigenvalue weighted by Gasteiger charge is -2.06. The summed E-state index contributed by atoms with van der Waals surface area (Å²) in [5.41, 5.74) is 1.98. The van der Waals surface area contributed by atoms with E-state index < -0.39 is 5.97 Å². The van der Waals surface area contributed by atoms with Crippen LogP contribution in [-0.4, -0.2) is 27.6 Å². The van der Waals surface area contributed by atoms with Gasteiger partial charge in [-0.25, -0.2) is 14.8 Å². The van der Waals surface area contributed by atoms with Crippen molar-refractivity contribution in [1.29, 1.82) is 0 Å². The second-order valence-electron chi connectivity index (χ2n) is 4.45. The minimum absolute atomic E-state index is 0.156. The van der Waals surface area contributed by atoms with E-state index in [1.54, 1.807) is 0 Å². The average molecular weight is 271 g/mol. The summed E-state index contributed by atoms with van der Waals surface area (Å²) in [7, 11) is 0. The monoisotopic (exact) mass is 271 g/mol. The maximum Gasteiger partial charge on any atom is 0.339 e. The summed E-state index contributed by atoms with van der Waals surface area (Å²) in [6, 6.07) is 10.3. The first-order valence-electron chi connectivity index (χ1n) is 6.54. The Kier molecular flexibility index (Phi) is 5.20. The number of hydrogen-bond donors (Lipinski definition) is 2. The molecule has 104 valence electrons. The molecule has 0 saturated heterocycles. The van der Waals surface area contributed by atoms with E-state index in [9.17, 15) is 4.79 Å². The largest absolute Gasteiger partial charge is 0.478 e. The molecule has 2 rings (SSSR count). The molecular weight excluding hydrogens is 254 g/mol. The normalized spacial score (nSPS) is 10.4. The smallest absolute Gasteiger partial charge is 0.339 e. The Morgan fingerprint density at radius 3 is 2.80 bits per heavy atom. The van der Waals surface area contributed by atoms with Gasteiger partial charge in [0.25, 0.3) is 0 Å². The second kappa shape index (κ2) is 7.35. The van der Waals surface area contributed by atoms with Gasteiger partial charge in [-0.05, 0) is 24.9 Å². The molecule has 0 aliphatic carbocycles. The predicted octanol–water partition coefficient (Wildman–Crippen LogP) is 1.90. The quantitative estimate of drug-likeness (QED) is 0.752. The number of carboxylic acids is 1. The maximum atomic E-state index is 11.0. The first kappa shape index (κ1) is 14.1. The third-order valence-electron chi connectivity index (χ3n) is 2.98. The number of aromatic carboxylic acids is 1. The summed E-state index contributed by atoms with van der Waals surface area (Å²) in [6.45, 7) is 1.26. The number of aryl methyl sites for hydroxylation is 1. The van der Waals surface area contributed by atoms with E-state index in [0.29, 0.717) is 12.2 Å². The fraction of sp³-hybridized carbons (Fsp3) is 0.267. The van der Waals surface area contributed by atoms with Gasteiger partial charge in [0.1, 0.15) is 11.9 Å². The van der Waals surface area contributed by atoms with Crippen molar-refractivity contribution in [2.45, 2.75) is 19.4 Å². The summed E-state index contributed by atoms with van der Waals surface area (Å²) in [5, 5.41) is 12.2. The van der Waals surface area contributed by atoms with Crippen molar-refractivity contribution in [3.63, 3.8) is 0 Å². The standard InChI is InChI=1S/C15H17N3O2/c19-15(20)13-9-17-11-18-14(13)10-16-8-4-7-12-5-2-1-3-6-12/h1-3,5-6,9,11,16H,4,7-8,10H2,(H,19,20). The van der Waals surface area contributed by atoms with E-state index in [2.05, 4.69) is 27.4 Å². The Labute approximate surface area is 117 Å². The van der Waals surface area contributed by atoms with Gasteiger partial charge in [-0.2, -0.15) is 0 Å². The lowest BCUT2D eigenvalue weighted by atomic mass is 10.1. The second-order valence-corrected chi connectivity index (χ2v) is 4.45. The summed E-state index contributed by atoms with van der Waals surface area (Å²) in [6.07, 6.45) is 4.70. The average Bonchev–Trinajstić information content (AvgIpc) is 2.48. The molecule has 0 spiro atoms. The topological polar surface area (TPSA) is 75.1 Å². The minimum Gasteiger partial charge on any atom is -0.478 e. The van der Waals surface area contributed by atoms with Gasteiger partial charge in [0, 0.05) is 12.7 Å². The zero-order valence-electron chi connectivity index (χ0n) is 11.1. The summed E-state index contributed by atoms with van der Waals surface area (Å²) >= 11 is 0. The van der Waals surface area contributed by atoms with Crippen LogP contribution in [0, 0.1) is 0 Å². The van der Waals surface area contributed by atoms with Gasteiger partial charge in [0.15, 0.2) is 0 Å². The van der Waals surface area contributed by atoms with Crippen molar-refractivity contribution in [2.75, 3.05) is 6.54 Å². The number of aromatic nitrogens is 2. The van der Waals surface area contributed by atoms with Crippen LogP contribution in [0.5, 0.6) is 0 Å². The highest BCUT2D eigenvalue weighted by Gasteiger charge is 2.10. The van der Waals surface area contributed by atoms with Crippen LogP contribution in [0.3, 0.4) is 0 Å². The fourth-order valence-electron chi connectivity index (χ4n) is 1.94. The van der Waals surface area contributed by atoms with E-state index in [1.165, 1.54) is 18.1 Å². The molecule has 0 bridgehead atoms. The molecule has 1 aromatic heterocycles. The van der Waals surface area contributed by atoms with Gasteiger partial charge in [0.05, 0.1) is 5.69 Å². The molecule has 0 aliphatic rings. The van der Waals surface area contributed by atoms with Gasteiger partial charge >= 0.3 is 5.97 Å². The van der Waals surface area contributed by atoms with Crippen LogP contribution < -0.4 is 5.32 Å². The highest BCUT2D eigenvalue weighted by molar-refractivity contribution is 5.88. The Balaban J connectivity index is 1.75. The lowest BCUT2D eigenvalue weighted by Crippen LogP contribution is -2.19. The predicted molar refractivity (Wildman–Crippen MR) is 75.5 cm³/mol. The Hall–Kier alpha value is -2.27. The van der Waals surface area contributed by atoms with Crippen LogP contribution in [-0.2, 0) is 13.0 Å². The van der Waals surface area contributed by atoms with E-state index in [1.807, 2.05) is 18.2 Å². The fourth-order valence-corrected chi connectivity index (χ4v) is 1.94. The number of rotatable bonds is 7. The number of nitrogens with one attached hydrogen (secondary N) is 1. The van der Waals surface area contributed by atoms with E-state index in [4.69, 9.17) is 5.11 Å². The molecule has 2 aromatic rings. The first-order chi connectivity index (χ1) is 9.77. The molecule has 0 saturated carbocycles. The maximum absolute atomic E-state index is 11.0. The SMILES string of the molecule is O=C(O)c1cncnc1CNCCCc1ccccc1. The Morgan fingerprint density at radius 2 is 2.05 bits per heavy atom. The highest BCUT2D eigenvalue weighted by atomic mass is 16.4. The molecular formula is C15H17N3O2. The summed E-state index contributed by atoms with van der Waals surface area (Å²) < 4.78 is 0. The molecule has 0 amide bonds. The molecule has 0 unspecified atom stereocenters. The van der Waals surface area contributed by atoms with Crippen molar-refractivity contribution in [3.05, 3.63) is 59.7 Å². The van der Waals surface area contributed by atoms with Crippen LogP contribution in [0.1, 0.15) is 28.0 Å². The zero-order valence-corrected chi connectivity index (χ0v) is 11.1. The Morgan fingerprint density at radius 1 is 1.25 bits per heavy atom. The van der Waals surface area contributed by atoms with Crippen LogP contribution in [0.4, 0.5) is 0 Å². The molecule has 5 nitrogen and oxygen atoms in total. The molecule has 1 heterocycles. The van der Waals surface area contributed by atoms with Crippen molar-refractivity contribution in [3.8, 4) is 0 Å². The molecule has 0 radical (unpaired) electrons. The van der Waals surface area contributed by atoms with Crippen LogP contribution in [0.2, 0.25) is 0 Å². The summed E-state index contributed by atoms with van der Waals surface area (Å²) in [5.74, 6) is -0.994. The minimum atomic E-state index is -0.994. The summed E-state index contributed by atoms with van der Waals surface area (Å²) in [4.78, 5) is 18.7. The molecule has 1 aromatic carbocycles. The van der Waals surface area contributed by atoms with Crippen molar-refractivity contribution < 1.29 is 9.90 Å². The third-order valence-corrected chi connectivity index (χ3v) is 2.98. The molecule has 20 heavy (non-hydrogen) atoms. The van der Waals surface area contributed by atoms with Gasteiger partial charge in [-0.15, -0.1) is 0 Å². The zero-order chi connectivity index (χ0) is 14.2. The van der Waals surface area contributed by atoms with Gasteiger partial charge in [-0.3, -0.25) is 0 Å². The number of benzene rings is 1. The Bertz CT molecular complexity index is 558. The lowest BCUT2D eigenvalue weighted by molar-refractivity contribution is 0.0694. The third kappa shape index (κ3) is 4.13. The van der Waals surface area contributed by atoms with Gasteiger partial charge < -0.3 is 10.4 Å². The number of carbonyl (C=O) groups is 1. The molecule has 5 heteroatoms. The van der Waals surface area contributed by atoms with Crippen LogP contribution in [0.15, 0.2) is 42.9 Å². The molecule has 0 atom stereocenters. The van der Waals surface area contributed by atoms with Crippen LogP contribution >= 0.6 is 0 Å². The molecule has 0 aliphatic heterocycles. The van der Waals surface area contributed by atoms with Crippen molar-refractivity contribution >= 4 is 5.97 Å². The van der Waals surface area contributed by atoms with E-state index >= 15 is 0 Å². The number of nitrogens with zero attached hydrogens (tertiary/aromatic N) is 2. The van der Waals surface area contributed by atoms with Crippen molar-refractivity contribution in [2.24, 2.45) is 0 Å². The highest BCUT2D eigenvalue weighted by Crippen LogP contribution is 2.04. The van der Waals surface area contributed by atoms with E-state index in [-0.39, 0.29) is 5.56 Å². The number of carboxylic acid groups (broad SMARTS) is 1. The molecule has 2 N–H and O–H groups in total. The first-order valence-corrected chi connectivity index (χ1v) is 6.54. The molecule has 0 fully saturated rings. The van der Waals surface area contributed by atoms with Crippen molar-refractivity contribution in [1.82, 2.24) is 15.3 Å². The van der Waals surface area contributed by atoms with E-state index in [0.717, 1.165) is 19.4 Å². The van der Waals surface area contributed by atoms with Gasteiger partial charge in [0.2, 0.25) is 0 Å². The van der Waals surface area contributed by atoms with Crippen LogP contribution in [0.25, 0.3) is 0 Å². The van der Waals surface area contributed by atoms with Gasteiger partial charge in [-0.1, -0.05) is 30.3 Å². The number of hydrogen-bond acceptors (Lipinski definition) is 4.